The van der Waals surface area contributed by atoms with Crippen molar-refractivity contribution in [1.29, 1.82) is 0 Å². The van der Waals surface area contributed by atoms with Crippen LogP contribution in [0.4, 0.5) is 0 Å². The van der Waals surface area contributed by atoms with E-state index < -0.39 is 0 Å². The van der Waals surface area contributed by atoms with Gasteiger partial charge >= 0.3 is 5.97 Å². The molecule has 0 saturated carbocycles. The molecule has 2 heterocycles. The molecule has 0 aliphatic carbocycles. The van der Waals surface area contributed by atoms with E-state index in [0.717, 1.165) is 16.5 Å². The monoisotopic (exact) mass is 438 g/mol. The Balaban J connectivity index is 2.05. The van der Waals surface area contributed by atoms with Gasteiger partial charge in [0.1, 0.15) is 0 Å². The van der Waals surface area contributed by atoms with Crippen LogP contribution >= 0.6 is 0 Å². The Morgan fingerprint density at radius 1 is 1.22 bits per heavy atom. The number of hydrogen-bond donors (Lipinski definition) is 1. The molecule has 8 heteroatoms. The Morgan fingerprint density at radius 2 is 2.00 bits per heavy atom. The van der Waals surface area contributed by atoms with Gasteiger partial charge in [0.25, 0.3) is 11.5 Å². The predicted octanol–water partition coefficient (Wildman–Crippen LogP) is 2.49. The average molecular weight is 439 g/mol. The average Bonchev–Trinajstić information content (AvgIpc) is 2.74. The summed E-state index contributed by atoms with van der Waals surface area (Å²) in [5.41, 5.74) is 2.24. The largest absolute Gasteiger partial charge is 0.466 e. The first kappa shape index (κ1) is 23.4. The van der Waals surface area contributed by atoms with Gasteiger partial charge in [-0.05, 0) is 46.0 Å². The van der Waals surface area contributed by atoms with Gasteiger partial charge in [-0.3, -0.25) is 14.4 Å². The predicted molar refractivity (Wildman–Crippen MR) is 125 cm³/mol. The second kappa shape index (κ2) is 10.4. The van der Waals surface area contributed by atoms with Gasteiger partial charge in [-0.2, -0.15) is 0 Å². The number of pyridine rings is 2. The minimum absolute atomic E-state index is 0.206. The molecule has 32 heavy (non-hydrogen) atoms. The Kier molecular flexibility index (Phi) is 7.58. The SMILES string of the molecule is CCOC(=O)CCCn1cc(C(=O)NCCN(C)C)c2nc3c(C)cccc3cc2c1=O. The van der Waals surface area contributed by atoms with Crippen LogP contribution in [0, 0.1) is 6.92 Å². The van der Waals surface area contributed by atoms with E-state index in [9.17, 15) is 14.4 Å². The molecule has 8 nitrogen and oxygen atoms in total. The van der Waals surface area contributed by atoms with Crippen molar-refractivity contribution in [3.05, 3.63) is 51.9 Å². The summed E-state index contributed by atoms with van der Waals surface area (Å²) in [5, 5.41) is 4.15. The fraction of sp³-hybridized carbons (Fsp3) is 0.417. The van der Waals surface area contributed by atoms with Crippen molar-refractivity contribution in [2.24, 2.45) is 0 Å². The number of carbonyl (C=O) groups is 2. The molecule has 0 unspecified atom stereocenters. The highest BCUT2D eigenvalue weighted by molar-refractivity contribution is 6.07. The number of aromatic nitrogens is 2. The fourth-order valence-electron chi connectivity index (χ4n) is 3.59. The first-order valence-corrected chi connectivity index (χ1v) is 10.8. The van der Waals surface area contributed by atoms with E-state index in [1.165, 1.54) is 4.57 Å². The maximum Gasteiger partial charge on any atom is 0.305 e. The number of benzene rings is 1. The zero-order chi connectivity index (χ0) is 23.3. The lowest BCUT2D eigenvalue weighted by atomic mass is 10.1. The Hall–Kier alpha value is -3.26. The zero-order valence-corrected chi connectivity index (χ0v) is 19.1. The molecule has 0 aliphatic heterocycles. The molecule has 0 fully saturated rings. The molecule has 0 saturated heterocycles. The van der Waals surface area contributed by atoms with Crippen LogP contribution in [0.5, 0.6) is 0 Å². The number of carbonyl (C=O) groups excluding carboxylic acids is 2. The number of para-hydroxylation sites is 1. The highest BCUT2D eigenvalue weighted by Gasteiger charge is 2.18. The van der Waals surface area contributed by atoms with E-state index in [1.54, 1.807) is 19.2 Å². The van der Waals surface area contributed by atoms with Gasteiger partial charge < -0.3 is 19.5 Å². The van der Waals surface area contributed by atoms with E-state index in [-0.39, 0.29) is 23.9 Å². The highest BCUT2D eigenvalue weighted by atomic mass is 16.5. The minimum Gasteiger partial charge on any atom is -0.466 e. The highest BCUT2D eigenvalue weighted by Crippen LogP contribution is 2.22. The second-order valence-electron chi connectivity index (χ2n) is 8.04. The standard InChI is InChI=1S/C24H30N4O4/c1-5-32-20(29)10-7-12-28-15-19(23(30)25-11-13-27(3)4)22-18(24(28)31)14-17-9-6-8-16(2)21(17)26-22/h6,8-9,14-15H,5,7,10-13H2,1-4H3,(H,25,30). The van der Waals surface area contributed by atoms with Crippen molar-refractivity contribution in [2.75, 3.05) is 33.8 Å². The summed E-state index contributed by atoms with van der Waals surface area (Å²) in [6.07, 6.45) is 2.20. The molecule has 2 aromatic heterocycles. The van der Waals surface area contributed by atoms with E-state index in [2.05, 4.69) is 5.32 Å². The molecule has 0 spiro atoms. The molecule has 1 N–H and O–H groups in total. The molecule has 170 valence electrons. The molecule has 1 amide bonds. The van der Waals surface area contributed by atoms with Crippen LogP contribution in [-0.4, -0.2) is 60.1 Å². The lowest BCUT2D eigenvalue weighted by molar-refractivity contribution is -0.143. The third-order valence-corrected chi connectivity index (χ3v) is 5.25. The summed E-state index contributed by atoms with van der Waals surface area (Å²) < 4.78 is 6.45. The number of rotatable bonds is 9. The first-order valence-electron chi connectivity index (χ1n) is 10.8. The number of nitrogens with zero attached hydrogens (tertiary/aromatic N) is 3. The topological polar surface area (TPSA) is 93.5 Å². The van der Waals surface area contributed by atoms with Crippen LogP contribution in [0.25, 0.3) is 21.8 Å². The Labute approximate surface area is 187 Å². The van der Waals surface area contributed by atoms with Crippen molar-refractivity contribution in [1.82, 2.24) is 19.8 Å². The lowest BCUT2D eigenvalue weighted by Gasteiger charge is -2.14. The summed E-state index contributed by atoms with van der Waals surface area (Å²) in [7, 11) is 3.86. The zero-order valence-electron chi connectivity index (χ0n) is 19.1. The number of fused-ring (bicyclic) bond motifs is 2. The maximum atomic E-state index is 13.2. The fourth-order valence-corrected chi connectivity index (χ4v) is 3.59. The summed E-state index contributed by atoms with van der Waals surface area (Å²) in [6, 6.07) is 7.57. The lowest BCUT2D eigenvalue weighted by Crippen LogP contribution is -2.33. The van der Waals surface area contributed by atoms with Gasteiger partial charge in [-0.15, -0.1) is 0 Å². The number of likely N-dealkylation sites (N-methyl/N-ethyl adjacent to an activating group) is 1. The molecular weight excluding hydrogens is 408 g/mol. The van der Waals surface area contributed by atoms with Crippen molar-refractivity contribution in [3.8, 4) is 0 Å². The summed E-state index contributed by atoms with van der Waals surface area (Å²) in [6.45, 7) is 5.50. The van der Waals surface area contributed by atoms with Crippen LogP contribution in [0.2, 0.25) is 0 Å². The first-order chi connectivity index (χ1) is 15.3. The maximum absolute atomic E-state index is 13.2. The van der Waals surface area contributed by atoms with Gasteiger partial charge in [0, 0.05) is 37.6 Å². The van der Waals surface area contributed by atoms with E-state index in [0.29, 0.717) is 49.1 Å². The minimum atomic E-state index is -0.300. The van der Waals surface area contributed by atoms with E-state index >= 15 is 0 Å². The molecule has 3 aromatic rings. The second-order valence-corrected chi connectivity index (χ2v) is 8.04. The molecule has 3 rings (SSSR count). The van der Waals surface area contributed by atoms with Crippen molar-refractivity contribution in [2.45, 2.75) is 33.2 Å². The number of nitrogens with one attached hydrogen (secondary N) is 1. The van der Waals surface area contributed by atoms with E-state index in [1.807, 2.05) is 44.1 Å². The van der Waals surface area contributed by atoms with E-state index in [4.69, 9.17) is 9.72 Å². The summed E-state index contributed by atoms with van der Waals surface area (Å²) in [5.74, 6) is -0.581. The van der Waals surface area contributed by atoms with Crippen molar-refractivity contribution in [3.63, 3.8) is 0 Å². The number of amides is 1. The quantitative estimate of drug-likeness (QED) is 0.408. The molecule has 0 radical (unpaired) electrons. The van der Waals surface area contributed by atoms with Crippen molar-refractivity contribution < 1.29 is 14.3 Å². The Bertz CT molecular complexity index is 1200. The molecule has 1 aromatic carbocycles. The van der Waals surface area contributed by atoms with Crippen LogP contribution in [0.3, 0.4) is 0 Å². The van der Waals surface area contributed by atoms with Crippen LogP contribution in [-0.2, 0) is 16.1 Å². The normalized spacial score (nSPS) is 11.3. The molecule has 0 atom stereocenters. The molecule has 0 aliphatic rings. The van der Waals surface area contributed by atoms with Gasteiger partial charge in [0.15, 0.2) is 0 Å². The third-order valence-electron chi connectivity index (χ3n) is 5.25. The number of esters is 1. The Morgan fingerprint density at radius 3 is 2.72 bits per heavy atom. The van der Waals surface area contributed by atoms with Gasteiger partial charge in [-0.25, -0.2) is 4.98 Å². The third kappa shape index (κ3) is 5.31. The van der Waals surface area contributed by atoms with Gasteiger partial charge in [-0.1, -0.05) is 18.2 Å². The number of aryl methyl sites for hydroxylation is 2. The molecular formula is C24H30N4O4. The van der Waals surface area contributed by atoms with Crippen LogP contribution in [0.15, 0.2) is 35.3 Å². The van der Waals surface area contributed by atoms with Crippen LogP contribution < -0.4 is 10.9 Å². The smallest absolute Gasteiger partial charge is 0.305 e. The molecule has 0 bridgehead atoms. The van der Waals surface area contributed by atoms with Gasteiger partial charge in [0.2, 0.25) is 0 Å². The van der Waals surface area contributed by atoms with Crippen LogP contribution in [0.1, 0.15) is 35.7 Å². The van der Waals surface area contributed by atoms with Crippen molar-refractivity contribution >= 4 is 33.7 Å². The number of ether oxygens (including phenoxy) is 1. The summed E-state index contributed by atoms with van der Waals surface area (Å²) >= 11 is 0. The van der Waals surface area contributed by atoms with Gasteiger partial charge in [0.05, 0.1) is 28.6 Å². The summed E-state index contributed by atoms with van der Waals surface area (Å²) in [4.78, 5) is 44.6. The number of hydrogen-bond acceptors (Lipinski definition) is 6.